The summed E-state index contributed by atoms with van der Waals surface area (Å²) in [6.45, 7) is 14.8. The van der Waals surface area contributed by atoms with Crippen molar-refractivity contribution in [2.75, 3.05) is 70.9 Å². The normalized spacial score (nSPS) is 14.8. The number of sulfonamides is 1. The Morgan fingerprint density at radius 3 is 2.07 bits per heavy atom. The number of hydrogen-bond donors (Lipinski definition) is 9. The Balaban J connectivity index is 0.737. The van der Waals surface area contributed by atoms with E-state index in [9.17, 15) is 40.6 Å². The summed E-state index contributed by atoms with van der Waals surface area (Å²) in [6.07, 6.45) is 16.2. The number of fused-ring (bicyclic) bond motifs is 2. The molecule has 8 rings (SSSR count). The van der Waals surface area contributed by atoms with Gasteiger partial charge in [0.2, 0.25) is 39.4 Å². The maximum Gasteiger partial charge on any atom is 0.314 e. The summed E-state index contributed by atoms with van der Waals surface area (Å²) in [5.74, 6) is -0.658. The van der Waals surface area contributed by atoms with E-state index in [-0.39, 0.29) is 60.2 Å². The Labute approximate surface area is 575 Å². The fourth-order valence-corrected chi connectivity index (χ4v) is 15.3. The summed E-state index contributed by atoms with van der Waals surface area (Å²) in [4.78, 5) is 60.9. The molecule has 97 heavy (non-hydrogen) atoms. The number of carbonyl (C=O) groups excluding carboxylic acids is 4. The van der Waals surface area contributed by atoms with Crippen LogP contribution < -0.4 is 60.4 Å². The first-order valence-electron chi connectivity index (χ1n) is 34.6. The van der Waals surface area contributed by atoms with Crippen LogP contribution in [0.4, 0.5) is 10.5 Å². The minimum Gasteiger partial charge on any atom is -0.744 e. The van der Waals surface area contributed by atoms with Crippen molar-refractivity contribution < 1.29 is 54.5 Å². The number of quaternary nitrogens is 1. The van der Waals surface area contributed by atoms with Crippen LogP contribution in [0.3, 0.4) is 0 Å². The number of aromatic nitrogens is 3. The van der Waals surface area contributed by atoms with Crippen molar-refractivity contribution in [1.82, 2.24) is 45.4 Å². The second-order valence-electron chi connectivity index (χ2n) is 25.4. The molecule has 2 aliphatic heterocycles. The first kappa shape index (κ1) is 75.0. The molecule has 26 heteroatoms. The van der Waals surface area contributed by atoms with Crippen LogP contribution in [-0.4, -0.2) is 139 Å². The summed E-state index contributed by atoms with van der Waals surface area (Å²) in [6, 6.07) is 23.0. The molecule has 3 aromatic carbocycles. The van der Waals surface area contributed by atoms with Crippen LogP contribution in [0.5, 0.6) is 0 Å². The van der Waals surface area contributed by atoms with Crippen LogP contribution in [0.15, 0.2) is 117 Å². The monoisotopic (exact) mass is 1390 g/mol. The molecule has 0 spiro atoms. The molecule has 4 heterocycles. The number of thiazole rings is 1. The molecule has 5 aromatic rings. The van der Waals surface area contributed by atoms with Crippen molar-refractivity contribution in [2.45, 2.75) is 171 Å². The Kier molecular flexibility index (Phi) is 28.4. The molecule has 0 radical (unpaired) electrons. The number of rotatable bonds is 38. The average molecular weight is 1390 g/mol. The predicted octanol–water partition coefficient (Wildman–Crippen LogP) is 6.21. The predicted molar refractivity (Wildman–Crippen MR) is 377 cm³/mol. The average Bonchev–Trinajstić information content (AvgIpc) is 1.22. The number of carbonyl (C=O) groups is 4. The zero-order valence-electron chi connectivity index (χ0n) is 57.2. The van der Waals surface area contributed by atoms with Crippen LogP contribution in [0.1, 0.15) is 141 Å². The van der Waals surface area contributed by atoms with Gasteiger partial charge < -0.3 is 49.9 Å². The van der Waals surface area contributed by atoms with Crippen molar-refractivity contribution >= 4 is 71.9 Å². The van der Waals surface area contributed by atoms with E-state index in [2.05, 4.69) is 80.5 Å². The molecular weight excluding hydrogens is 1290 g/mol. The third-order valence-electron chi connectivity index (χ3n) is 18.4. The first-order valence-corrected chi connectivity index (χ1v) is 38.4. The molecule has 1 saturated heterocycles. The third kappa shape index (κ3) is 21.9. The molecule has 2 aromatic heterocycles. The highest BCUT2D eigenvalue weighted by atomic mass is 32.2. The number of nitrogens with zero attached hydrogens (tertiary/aromatic N) is 4. The van der Waals surface area contributed by atoms with Crippen LogP contribution in [0.25, 0.3) is 33.4 Å². The van der Waals surface area contributed by atoms with E-state index >= 15 is 0 Å². The maximum absolute atomic E-state index is 14.3. The minimum absolute atomic E-state index is 0.0136. The fourth-order valence-electron chi connectivity index (χ4n) is 12.7. The number of amides is 5. The Morgan fingerprint density at radius 2 is 1.43 bits per heavy atom. The molecule has 2 atom stereocenters. The molecule has 0 bridgehead atoms. The van der Waals surface area contributed by atoms with Gasteiger partial charge in [-0.1, -0.05) is 87.8 Å². The van der Waals surface area contributed by atoms with Gasteiger partial charge in [-0.15, -0.1) is 11.3 Å². The second kappa shape index (κ2) is 36.7. The van der Waals surface area contributed by atoms with Crippen LogP contribution in [-0.2, 0) is 61.0 Å². The number of benzene rings is 4. The van der Waals surface area contributed by atoms with E-state index in [1.807, 2.05) is 83.8 Å². The van der Waals surface area contributed by atoms with Gasteiger partial charge in [-0.3, -0.25) is 19.8 Å². The lowest BCUT2D eigenvalue weighted by Crippen LogP contribution is -3.10. The number of aromatic amines is 1. The highest BCUT2D eigenvalue weighted by Gasteiger charge is 2.32. The van der Waals surface area contributed by atoms with Crippen LogP contribution >= 0.6 is 11.3 Å². The lowest BCUT2D eigenvalue weighted by molar-refractivity contribution is -0.884. The van der Waals surface area contributed by atoms with Crippen molar-refractivity contribution in [1.29, 1.82) is 5.41 Å². The van der Waals surface area contributed by atoms with Gasteiger partial charge in [-0.2, -0.15) is 0 Å². The summed E-state index contributed by atoms with van der Waals surface area (Å²) < 4.78 is 81.6. The van der Waals surface area contributed by atoms with Crippen molar-refractivity contribution in [3.8, 4) is 22.5 Å². The molecule has 0 unspecified atom stereocenters. The standard InChI is InChI=1S/C71H99N13O10S3/c1-7-83(8-2)54-29-32-58-63(43-54)94-64-44-55(84(9-3)10-4)30-33-59(64)67(58)60-34-31-57(46-65(60)97(91,92)93)96(89,90)76-39-24-18-16-14-12-11-13-15-17-23-37-73-71(88)74-38-25-22-28-61(78-66(85)45-56-49-95-70(72)81(56)6)68(86)79-62(69(87)77-52-35-40-80(5)41-36-52)42-53-48-82(50-75-53)47-51-26-20-19-21-27-51/h19-21,26-27,29-34,43-44,46,48-50,52,61-62,72,76H,7-18,22-25,28,35-42,45,47H2,1-6H3,(H5-,73,74,77,78,79,85,86,87,88,91,92,93)/p+2/t61-,62-/m0/s1. The van der Waals surface area contributed by atoms with Gasteiger partial charge in [0.15, 0.2) is 4.80 Å². The van der Waals surface area contributed by atoms with Crippen molar-refractivity contribution in [3.63, 3.8) is 0 Å². The van der Waals surface area contributed by atoms with Gasteiger partial charge >= 0.3 is 6.03 Å². The van der Waals surface area contributed by atoms with Crippen molar-refractivity contribution in [3.05, 3.63) is 130 Å². The molecule has 3 aliphatic rings. The van der Waals surface area contributed by atoms with Crippen LogP contribution in [0.2, 0.25) is 0 Å². The number of urea groups is 1. The fraction of sp³-hybridized carbons (Fsp3) is 0.507. The topological polar surface area (TPSA) is 304 Å². The highest BCUT2D eigenvalue weighted by molar-refractivity contribution is 7.89. The Hall–Kier alpha value is -7.75. The number of nitrogens with one attached hydrogen (secondary N) is 9. The molecule has 1 aliphatic carbocycles. The number of hydrogen-bond acceptors (Lipinski definition) is 13. The zero-order chi connectivity index (χ0) is 69.5. The zero-order valence-corrected chi connectivity index (χ0v) is 59.7. The molecule has 1 fully saturated rings. The highest BCUT2D eigenvalue weighted by Crippen LogP contribution is 2.43. The van der Waals surface area contributed by atoms with E-state index in [1.165, 1.54) is 28.4 Å². The van der Waals surface area contributed by atoms with E-state index in [0.717, 1.165) is 138 Å². The molecule has 526 valence electrons. The summed E-state index contributed by atoms with van der Waals surface area (Å²) >= 11 is 1.22. The summed E-state index contributed by atoms with van der Waals surface area (Å²) in [7, 11) is -5.50. The van der Waals surface area contributed by atoms with Gasteiger partial charge in [0.05, 0.1) is 42.4 Å². The molecule has 0 saturated carbocycles. The molecular formula is C71H101N13O10S3+2. The SMILES string of the molecule is CCN(CC)c1ccc2c(-c3ccc(S(=O)(=O)NCCCCCCCCCCCCNC(=O)NCCCC[C@H](NC(=O)Cc4csc(=N)n4C)C(=O)N[C@@H](Cc4c[n+](Cc5ccccc5)c[nH]4)C(=O)NC4CC[NH+](C)CC4)cc3S(=O)(=O)[O-])c3ccc(=[N+](CC)CC)cc-3oc2c1. The number of unbranched alkanes of at least 4 members (excludes halogenated alkanes) is 10. The number of piperidine rings is 1. The summed E-state index contributed by atoms with van der Waals surface area (Å²) in [5, 5.41) is 26.3. The first-order chi connectivity index (χ1) is 46.7. The number of anilines is 1. The van der Waals surface area contributed by atoms with E-state index in [0.29, 0.717) is 77.2 Å². The largest absolute Gasteiger partial charge is 0.744 e. The number of imidazole rings is 1. The van der Waals surface area contributed by atoms with Gasteiger partial charge in [-0.05, 0) is 95.7 Å². The second-order valence-corrected chi connectivity index (χ2v) is 29.4. The number of likely N-dealkylation sites (tertiary alicyclic amines) is 1. The minimum atomic E-state index is -5.18. The lowest BCUT2D eigenvalue weighted by Gasteiger charge is -2.29. The third-order valence-corrected chi connectivity index (χ3v) is 21.6. The van der Waals surface area contributed by atoms with Gasteiger partial charge in [0.25, 0.3) is 0 Å². The molecule has 9 N–H and O–H groups in total. The smallest absolute Gasteiger partial charge is 0.314 e. The van der Waals surface area contributed by atoms with Gasteiger partial charge in [0, 0.05) is 116 Å². The van der Waals surface area contributed by atoms with E-state index < -0.39 is 43.0 Å². The number of H-pyrrole nitrogens is 1. The molecule has 5 amide bonds. The summed E-state index contributed by atoms with van der Waals surface area (Å²) in [5.41, 5.74) is 5.06. The van der Waals surface area contributed by atoms with Gasteiger partial charge in [0.1, 0.15) is 65.1 Å². The van der Waals surface area contributed by atoms with Crippen molar-refractivity contribution in [2.24, 2.45) is 7.05 Å². The Bertz CT molecular complexity index is 4080. The molecule has 23 nitrogen and oxygen atoms in total. The van der Waals surface area contributed by atoms with Crippen LogP contribution in [0, 0.1) is 5.41 Å². The lowest BCUT2D eigenvalue weighted by atomic mass is 9.93. The quantitative estimate of drug-likeness (QED) is 0.00908. The Morgan fingerprint density at radius 1 is 0.784 bits per heavy atom. The maximum atomic E-state index is 14.3. The van der Waals surface area contributed by atoms with E-state index in [1.54, 1.807) is 17.0 Å². The van der Waals surface area contributed by atoms with Gasteiger partial charge in [-0.25, -0.2) is 40.5 Å². The van der Waals surface area contributed by atoms with E-state index in [4.69, 9.17) is 9.83 Å².